The highest BCUT2D eigenvalue weighted by Crippen LogP contribution is 2.62. The van der Waals surface area contributed by atoms with Gasteiger partial charge in [-0.15, -0.1) is 0 Å². The van der Waals surface area contributed by atoms with Gasteiger partial charge in [-0.3, -0.25) is 0 Å². The van der Waals surface area contributed by atoms with Crippen molar-refractivity contribution in [1.29, 1.82) is 0 Å². The van der Waals surface area contributed by atoms with Gasteiger partial charge in [0.05, 0.1) is 6.10 Å². The Hall–Kier alpha value is -1.72. The molecule has 0 radical (unpaired) electrons. The predicted octanol–water partition coefficient (Wildman–Crippen LogP) is 4.69. The topological polar surface area (TPSA) is 40.5 Å². The van der Waals surface area contributed by atoms with E-state index in [1.807, 2.05) is 6.07 Å². The quantitative estimate of drug-likeness (QED) is 0.680. The van der Waals surface area contributed by atoms with Gasteiger partial charge in [-0.05, 0) is 66.7 Å². The number of benzene rings is 1. The zero-order valence-electron chi connectivity index (χ0n) is 14.5. The minimum atomic E-state index is -0.457. The summed E-state index contributed by atoms with van der Waals surface area (Å²) in [6.45, 7) is 4.48. The lowest BCUT2D eigenvalue weighted by Crippen LogP contribution is -2.41. The maximum Gasteiger partial charge on any atom is 0.115 e. The molecular formula is C22H26O2. The van der Waals surface area contributed by atoms with Crippen LogP contribution in [0.2, 0.25) is 0 Å². The molecule has 0 unspecified atom stereocenters. The maximum atomic E-state index is 10.7. The summed E-state index contributed by atoms with van der Waals surface area (Å²) in [6, 6.07) is 5.56. The number of phenolic OH excluding ortho intramolecular Hbond substituents is 1. The van der Waals surface area contributed by atoms with Gasteiger partial charge < -0.3 is 10.2 Å². The summed E-state index contributed by atoms with van der Waals surface area (Å²) in [4.78, 5) is 0. The SMILES string of the molecule is CCC#CC1=CC[C@H]2[C@@H]3C[C@@H](O)c4cc(O)ccc4[C@H]3CC[C@]12C. The fourth-order valence-corrected chi connectivity index (χ4v) is 5.52. The molecule has 0 aliphatic heterocycles. The van der Waals surface area contributed by atoms with Gasteiger partial charge in [0.2, 0.25) is 0 Å². The number of aliphatic hydroxyl groups is 1. The van der Waals surface area contributed by atoms with Crippen LogP contribution in [0, 0.1) is 29.1 Å². The molecule has 1 saturated carbocycles. The van der Waals surface area contributed by atoms with Crippen molar-refractivity contribution in [3.63, 3.8) is 0 Å². The van der Waals surface area contributed by atoms with E-state index >= 15 is 0 Å². The molecule has 3 aliphatic carbocycles. The number of fused-ring (bicyclic) bond motifs is 5. The summed E-state index contributed by atoms with van der Waals surface area (Å²) in [6.07, 6.45) is 7.01. The first-order valence-corrected chi connectivity index (χ1v) is 9.25. The van der Waals surface area contributed by atoms with Gasteiger partial charge in [0.15, 0.2) is 0 Å². The largest absolute Gasteiger partial charge is 0.508 e. The summed E-state index contributed by atoms with van der Waals surface area (Å²) in [5.41, 5.74) is 3.71. The first-order chi connectivity index (χ1) is 11.5. The first-order valence-electron chi connectivity index (χ1n) is 9.25. The van der Waals surface area contributed by atoms with E-state index in [0.717, 1.165) is 31.2 Å². The molecular weight excluding hydrogens is 296 g/mol. The molecule has 3 aliphatic rings. The summed E-state index contributed by atoms with van der Waals surface area (Å²) >= 11 is 0. The van der Waals surface area contributed by atoms with Crippen LogP contribution in [-0.2, 0) is 0 Å². The molecule has 1 aromatic carbocycles. The maximum absolute atomic E-state index is 10.7. The molecule has 0 saturated heterocycles. The molecule has 2 N–H and O–H groups in total. The van der Waals surface area contributed by atoms with Gasteiger partial charge in [0.25, 0.3) is 0 Å². The fourth-order valence-electron chi connectivity index (χ4n) is 5.52. The Bertz CT molecular complexity index is 751. The van der Waals surface area contributed by atoms with Crippen LogP contribution in [0.5, 0.6) is 5.75 Å². The highest BCUT2D eigenvalue weighted by atomic mass is 16.3. The smallest absolute Gasteiger partial charge is 0.115 e. The average Bonchev–Trinajstić information content (AvgIpc) is 2.90. The Labute approximate surface area is 144 Å². The van der Waals surface area contributed by atoms with Crippen LogP contribution >= 0.6 is 0 Å². The monoisotopic (exact) mass is 322 g/mol. The summed E-state index contributed by atoms with van der Waals surface area (Å²) in [5.74, 6) is 8.53. The Morgan fingerprint density at radius 3 is 2.92 bits per heavy atom. The van der Waals surface area contributed by atoms with Crippen molar-refractivity contribution in [2.75, 3.05) is 0 Å². The third kappa shape index (κ3) is 2.22. The Kier molecular flexibility index (Phi) is 3.73. The lowest BCUT2D eigenvalue weighted by molar-refractivity contribution is 0.0286. The van der Waals surface area contributed by atoms with Crippen LogP contribution in [0.15, 0.2) is 29.8 Å². The van der Waals surface area contributed by atoms with Crippen molar-refractivity contribution in [2.45, 2.75) is 58.0 Å². The van der Waals surface area contributed by atoms with E-state index < -0.39 is 6.10 Å². The molecule has 1 fully saturated rings. The molecule has 2 heteroatoms. The van der Waals surface area contributed by atoms with E-state index in [2.05, 4.69) is 31.8 Å². The van der Waals surface area contributed by atoms with E-state index in [1.54, 1.807) is 12.1 Å². The molecule has 24 heavy (non-hydrogen) atoms. The van der Waals surface area contributed by atoms with Crippen LogP contribution in [-0.4, -0.2) is 10.2 Å². The molecule has 0 amide bonds. The van der Waals surface area contributed by atoms with E-state index in [9.17, 15) is 10.2 Å². The number of aromatic hydroxyl groups is 1. The fraction of sp³-hybridized carbons (Fsp3) is 0.545. The first kappa shape index (κ1) is 15.8. The van der Waals surface area contributed by atoms with Gasteiger partial charge in [-0.1, -0.05) is 37.8 Å². The minimum Gasteiger partial charge on any atom is -0.508 e. The molecule has 4 rings (SSSR count). The van der Waals surface area contributed by atoms with Crippen molar-refractivity contribution in [2.24, 2.45) is 17.3 Å². The van der Waals surface area contributed by atoms with Gasteiger partial charge in [-0.25, -0.2) is 0 Å². The molecule has 0 heterocycles. The minimum absolute atomic E-state index is 0.178. The summed E-state index contributed by atoms with van der Waals surface area (Å²) in [5, 5.41) is 20.5. The predicted molar refractivity (Wildman–Crippen MR) is 95.5 cm³/mol. The number of allylic oxidation sites excluding steroid dienone is 2. The van der Waals surface area contributed by atoms with Crippen molar-refractivity contribution in [1.82, 2.24) is 0 Å². The van der Waals surface area contributed by atoms with E-state index in [-0.39, 0.29) is 11.2 Å². The van der Waals surface area contributed by atoms with Gasteiger partial charge in [0.1, 0.15) is 5.75 Å². The zero-order valence-corrected chi connectivity index (χ0v) is 14.5. The number of hydrogen-bond acceptors (Lipinski definition) is 2. The molecule has 1 aromatic rings. The van der Waals surface area contributed by atoms with Crippen LogP contribution in [0.3, 0.4) is 0 Å². The second-order valence-corrected chi connectivity index (χ2v) is 7.91. The van der Waals surface area contributed by atoms with Crippen molar-refractivity contribution in [3.8, 4) is 17.6 Å². The second kappa shape index (κ2) is 5.67. The van der Waals surface area contributed by atoms with Gasteiger partial charge >= 0.3 is 0 Å². The highest BCUT2D eigenvalue weighted by Gasteiger charge is 2.52. The third-order valence-corrected chi connectivity index (χ3v) is 6.74. The number of phenols is 1. The Morgan fingerprint density at radius 1 is 1.29 bits per heavy atom. The second-order valence-electron chi connectivity index (χ2n) is 7.91. The third-order valence-electron chi connectivity index (χ3n) is 6.74. The van der Waals surface area contributed by atoms with Crippen molar-refractivity contribution >= 4 is 0 Å². The van der Waals surface area contributed by atoms with Gasteiger partial charge in [0, 0.05) is 17.4 Å². The molecule has 2 nitrogen and oxygen atoms in total. The average molecular weight is 322 g/mol. The van der Waals surface area contributed by atoms with E-state index in [4.69, 9.17) is 0 Å². The van der Waals surface area contributed by atoms with E-state index in [0.29, 0.717) is 17.8 Å². The number of rotatable bonds is 0. The van der Waals surface area contributed by atoms with Crippen molar-refractivity contribution in [3.05, 3.63) is 41.0 Å². The van der Waals surface area contributed by atoms with Crippen LogP contribution in [0.1, 0.15) is 69.1 Å². The van der Waals surface area contributed by atoms with Crippen LogP contribution < -0.4 is 0 Å². The lowest BCUT2D eigenvalue weighted by atomic mass is 9.54. The van der Waals surface area contributed by atoms with Crippen molar-refractivity contribution < 1.29 is 10.2 Å². The summed E-state index contributed by atoms with van der Waals surface area (Å²) < 4.78 is 0. The summed E-state index contributed by atoms with van der Waals surface area (Å²) in [7, 11) is 0. The van der Waals surface area contributed by atoms with E-state index in [1.165, 1.54) is 17.6 Å². The molecule has 0 aromatic heterocycles. The van der Waals surface area contributed by atoms with Crippen LogP contribution in [0.25, 0.3) is 0 Å². The van der Waals surface area contributed by atoms with Gasteiger partial charge in [-0.2, -0.15) is 0 Å². The standard InChI is InChI=1S/C22H26O2/c1-3-4-5-14-6-9-20-18-13-21(24)19-12-15(23)7-8-16(19)17(18)10-11-22(14,20)2/h6-8,12,17-18,20-21,23-24H,3,9-11,13H2,1-2H3/t17-,18-,20+,21-,22-/m1/s1. The van der Waals surface area contributed by atoms with Crippen LogP contribution in [0.4, 0.5) is 0 Å². The lowest BCUT2D eigenvalue weighted by Gasteiger charge is -2.50. The molecule has 0 bridgehead atoms. The number of hydrogen-bond donors (Lipinski definition) is 2. The molecule has 126 valence electrons. The molecule has 5 atom stereocenters. The zero-order chi connectivity index (χ0) is 16.9. The number of aliphatic hydroxyl groups excluding tert-OH is 1. The normalized spacial score (nSPS) is 36.7. The highest BCUT2D eigenvalue weighted by molar-refractivity contribution is 5.44. The molecule has 0 spiro atoms. The Balaban J connectivity index is 1.69. The Morgan fingerprint density at radius 2 is 2.12 bits per heavy atom.